The summed E-state index contributed by atoms with van der Waals surface area (Å²) in [6, 6.07) is 13.6. The second-order valence-electron chi connectivity index (χ2n) is 6.39. The van der Waals surface area contributed by atoms with Crippen LogP contribution >= 0.6 is 0 Å². The molecule has 1 aliphatic rings. The Morgan fingerprint density at radius 2 is 2.04 bits per heavy atom. The smallest absolute Gasteiger partial charge is 0.259 e. The Morgan fingerprint density at radius 3 is 2.69 bits per heavy atom. The lowest BCUT2D eigenvalue weighted by molar-refractivity contribution is 0.340. The quantitative estimate of drug-likeness (QED) is 0.702. The number of pyridine rings is 1. The van der Waals surface area contributed by atoms with Crippen molar-refractivity contribution >= 4 is 10.8 Å². The minimum Gasteiger partial charge on any atom is -0.494 e. The third-order valence-corrected chi connectivity index (χ3v) is 4.63. The van der Waals surface area contributed by atoms with E-state index >= 15 is 0 Å². The SMILES string of the molecule is CCOc1ccc2c(=O)n(C3CC3)c(C#N)c(-c3cccc(F)c3)c2c1. The van der Waals surface area contributed by atoms with Gasteiger partial charge in [0.1, 0.15) is 23.3 Å². The first-order valence-corrected chi connectivity index (χ1v) is 8.65. The molecule has 0 amide bonds. The van der Waals surface area contributed by atoms with Gasteiger partial charge in [0.25, 0.3) is 5.56 Å². The molecule has 5 heteroatoms. The number of aromatic nitrogens is 1. The number of halogens is 1. The van der Waals surface area contributed by atoms with Crippen LogP contribution in [-0.4, -0.2) is 11.2 Å². The zero-order chi connectivity index (χ0) is 18.3. The predicted octanol–water partition coefficient (Wildman–Crippen LogP) is 4.41. The standard InChI is InChI=1S/C21H17FN2O2/c1-2-26-16-8-9-17-18(11-16)20(13-4-3-5-14(22)10-13)19(12-23)24(21(17)25)15-6-7-15/h3-5,8-11,15H,2,6-7H2,1H3. The summed E-state index contributed by atoms with van der Waals surface area (Å²) in [5.74, 6) is 0.231. The summed E-state index contributed by atoms with van der Waals surface area (Å²) in [5, 5.41) is 11.0. The molecule has 0 bridgehead atoms. The van der Waals surface area contributed by atoms with Crippen LogP contribution in [0.3, 0.4) is 0 Å². The fourth-order valence-corrected chi connectivity index (χ4v) is 3.38. The zero-order valence-electron chi connectivity index (χ0n) is 14.3. The van der Waals surface area contributed by atoms with E-state index in [9.17, 15) is 14.4 Å². The van der Waals surface area contributed by atoms with Gasteiger partial charge in [-0.15, -0.1) is 0 Å². The summed E-state index contributed by atoms with van der Waals surface area (Å²) >= 11 is 0. The van der Waals surface area contributed by atoms with Gasteiger partial charge < -0.3 is 4.74 Å². The highest BCUT2D eigenvalue weighted by atomic mass is 19.1. The lowest BCUT2D eigenvalue weighted by Gasteiger charge is -2.16. The first-order valence-electron chi connectivity index (χ1n) is 8.65. The van der Waals surface area contributed by atoms with E-state index in [4.69, 9.17) is 4.74 Å². The fourth-order valence-electron chi connectivity index (χ4n) is 3.38. The molecule has 0 aliphatic heterocycles. The van der Waals surface area contributed by atoms with Gasteiger partial charge >= 0.3 is 0 Å². The highest BCUT2D eigenvalue weighted by Crippen LogP contribution is 2.39. The van der Waals surface area contributed by atoms with Gasteiger partial charge in [-0.3, -0.25) is 9.36 Å². The predicted molar refractivity (Wildman–Crippen MR) is 97.8 cm³/mol. The van der Waals surface area contributed by atoms with Gasteiger partial charge in [0.05, 0.1) is 6.61 Å². The van der Waals surface area contributed by atoms with Crippen molar-refractivity contribution in [2.75, 3.05) is 6.61 Å². The van der Waals surface area contributed by atoms with Gasteiger partial charge in [0, 0.05) is 22.4 Å². The van der Waals surface area contributed by atoms with Crippen molar-refractivity contribution in [1.29, 1.82) is 5.26 Å². The Kier molecular flexibility index (Phi) is 3.96. The minimum atomic E-state index is -0.385. The van der Waals surface area contributed by atoms with E-state index in [1.807, 2.05) is 6.92 Å². The molecule has 3 aromatic rings. The van der Waals surface area contributed by atoms with E-state index < -0.39 is 0 Å². The van der Waals surface area contributed by atoms with Gasteiger partial charge in [0.2, 0.25) is 0 Å². The second-order valence-corrected chi connectivity index (χ2v) is 6.39. The van der Waals surface area contributed by atoms with Crippen LogP contribution in [0.25, 0.3) is 21.9 Å². The van der Waals surface area contributed by atoms with Crippen LogP contribution in [0, 0.1) is 17.1 Å². The monoisotopic (exact) mass is 348 g/mol. The maximum absolute atomic E-state index is 13.9. The van der Waals surface area contributed by atoms with E-state index in [1.54, 1.807) is 34.9 Å². The van der Waals surface area contributed by atoms with Crippen LogP contribution in [0.15, 0.2) is 47.3 Å². The Bertz CT molecular complexity index is 1110. The molecule has 0 unspecified atom stereocenters. The molecule has 1 saturated carbocycles. The van der Waals surface area contributed by atoms with Gasteiger partial charge in [-0.2, -0.15) is 5.26 Å². The minimum absolute atomic E-state index is 0.0421. The molecule has 0 spiro atoms. The topological polar surface area (TPSA) is 55.0 Å². The summed E-state index contributed by atoms with van der Waals surface area (Å²) in [4.78, 5) is 13.0. The summed E-state index contributed by atoms with van der Waals surface area (Å²) in [5.41, 5.74) is 1.26. The van der Waals surface area contributed by atoms with Crippen LogP contribution in [0.5, 0.6) is 5.75 Å². The maximum atomic E-state index is 13.9. The van der Waals surface area contributed by atoms with Gasteiger partial charge in [-0.25, -0.2) is 4.39 Å². The summed E-state index contributed by atoms with van der Waals surface area (Å²) < 4.78 is 21.0. The number of fused-ring (bicyclic) bond motifs is 1. The number of rotatable bonds is 4. The van der Waals surface area contributed by atoms with Crippen LogP contribution in [0.1, 0.15) is 31.5 Å². The average molecular weight is 348 g/mol. The lowest BCUT2D eigenvalue weighted by atomic mass is 9.96. The summed E-state index contributed by atoms with van der Waals surface area (Å²) in [6.45, 7) is 2.37. The summed E-state index contributed by atoms with van der Waals surface area (Å²) in [6.07, 6.45) is 1.75. The zero-order valence-corrected chi connectivity index (χ0v) is 14.3. The Hall–Kier alpha value is -3.13. The number of nitrogens with zero attached hydrogens (tertiary/aromatic N) is 2. The van der Waals surface area contributed by atoms with Crippen LogP contribution in [0.2, 0.25) is 0 Å². The second kappa shape index (κ2) is 6.30. The molecule has 26 heavy (non-hydrogen) atoms. The molecule has 0 atom stereocenters. The Morgan fingerprint density at radius 1 is 1.23 bits per heavy atom. The van der Waals surface area contributed by atoms with Crippen LogP contribution < -0.4 is 10.3 Å². The maximum Gasteiger partial charge on any atom is 0.259 e. The molecular weight excluding hydrogens is 331 g/mol. The molecule has 1 heterocycles. The third kappa shape index (κ3) is 2.64. The van der Waals surface area contributed by atoms with Crippen LogP contribution in [-0.2, 0) is 0 Å². The first kappa shape index (κ1) is 16.3. The molecule has 1 fully saturated rings. The van der Waals surface area contributed by atoms with Crippen molar-refractivity contribution in [1.82, 2.24) is 4.57 Å². The number of nitriles is 1. The van der Waals surface area contributed by atoms with E-state index in [1.165, 1.54) is 12.1 Å². The molecule has 0 saturated heterocycles. The van der Waals surface area contributed by atoms with Crippen molar-refractivity contribution in [2.24, 2.45) is 0 Å². The van der Waals surface area contributed by atoms with Gasteiger partial charge in [-0.05, 0) is 55.7 Å². The Balaban J connectivity index is 2.14. The lowest BCUT2D eigenvalue weighted by Crippen LogP contribution is -2.23. The molecule has 1 aliphatic carbocycles. The number of benzene rings is 2. The van der Waals surface area contributed by atoms with E-state index in [0.717, 1.165) is 12.8 Å². The van der Waals surface area contributed by atoms with Gasteiger partial charge in [0.15, 0.2) is 0 Å². The molecule has 0 N–H and O–H groups in total. The van der Waals surface area contributed by atoms with Gasteiger partial charge in [-0.1, -0.05) is 12.1 Å². The van der Waals surface area contributed by atoms with E-state index in [0.29, 0.717) is 34.3 Å². The van der Waals surface area contributed by atoms with Crippen LogP contribution in [0.4, 0.5) is 4.39 Å². The van der Waals surface area contributed by atoms with Crippen molar-refractivity contribution in [2.45, 2.75) is 25.8 Å². The van der Waals surface area contributed by atoms with Crippen molar-refractivity contribution in [3.63, 3.8) is 0 Å². The highest BCUT2D eigenvalue weighted by molar-refractivity contribution is 5.99. The van der Waals surface area contributed by atoms with Crippen molar-refractivity contribution in [3.05, 3.63) is 64.3 Å². The number of hydrogen-bond acceptors (Lipinski definition) is 3. The van der Waals surface area contributed by atoms with E-state index in [2.05, 4.69) is 6.07 Å². The molecule has 4 nitrogen and oxygen atoms in total. The molecular formula is C21H17FN2O2. The molecule has 130 valence electrons. The molecule has 0 radical (unpaired) electrons. The van der Waals surface area contributed by atoms with Crippen molar-refractivity contribution in [3.8, 4) is 22.9 Å². The first-order chi connectivity index (χ1) is 12.6. The molecule has 1 aromatic heterocycles. The van der Waals surface area contributed by atoms with E-state index in [-0.39, 0.29) is 23.1 Å². The highest BCUT2D eigenvalue weighted by Gasteiger charge is 2.30. The largest absolute Gasteiger partial charge is 0.494 e. The average Bonchev–Trinajstić information content (AvgIpc) is 3.46. The number of ether oxygens (including phenoxy) is 1. The fraction of sp³-hybridized carbons (Fsp3) is 0.238. The molecule has 2 aromatic carbocycles. The molecule has 4 rings (SSSR count). The normalized spacial score (nSPS) is 13.6. The Labute approximate surface area is 150 Å². The third-order valence-electron chi connectivity index (χ3n) is 4.63. The summed E-state index contributed by atoms with van der Waals surface area (Å²) in [7, 11) is 0. The number of hydrogen-bond donors (Lipinski definition) is 0. The van der Waals surface area contributed by atoms with Crippen molar-refractivity contribution < 1.29 is 9.13 Å².